The summed E-state index contributed by atoms with van der Waals surface area (Å²) >= 11 is 0. The van der Waals surface area contributed by atoms with Gasteiger partial charge in [0.25, 0.3) is 0 Å². The van der Waals surface area contributed by atoms with Crippen LogP contribution in [0, 0.1) is 0 Å². The van der Waals surface area contributed by atoms with Crippen LogP contribution in [0.4, 0.5) is 0 Å². The molecule has 2 aromatic carbocycles. The molecule has 0 bridgehead atoms. The maximum atomic E-state index is 12.0. The standard InChI is InChI=1S/C16H15O5P/c17-16(20-12-14-9-5-2-6-10-14)15(21-22(18)19)11-13-7-3-1-4-8-13/h1-10,15H,11-12H2/t15-/m1/s1. The molecule has 0 aromatic heterocycles. The van der Waals surface area contributed by atoms with E-state index in [9.17, 15) is 14.3 Å². The molecule has 0 aliphatic rings. The molecular formula is C16H15O5P. The number of benzene rings is 2. The van der Waals surface area contributed by atoms with E-state index in [4.69, 9.17) is 4.74 Å². The highest BCUT2D eigenvalue weighted by molar-refractivity contribution is 7.30. The molecule has 1 unspecified atom stereocenters. The Kier molecular flexibility index (Phi) is 6.22. The molecule has 2 rings (SSSR count). The van der Waals surface area contributed by atoms with Crippen LogP contribution in [-0.4, -0.2) is 12.1 Å². The van der Waals surface area contributed by atoms with Gasteiger partial charge in [-0.25, -0.2) is 4.79 Å². The highest BCUT2D eigenvalue weighted by atomic mass is 31.1. The maximum absolute atomic E-state index is 12.0. The van der Waals surface area contributed by atoms with Gasteiger partial charge in [0.2, 0.25) is 6.10 Å². The minimum absolute atomic E-state index is 0.0734. The summed E-state index contributed by atoms with van der Waals surface area (Å²) in [5.74, 6) is -0.702. The van der Waals surface area contributed by atoms with Crippen molar-refractivity contribution in [1.29, 1.82) is 0 Å². The first-order chi connectivity index (χ1) is 10.6. The lowest BCUT2D eigenvalue weighted by molar-refractivity contribution is -0.193. The average molecular weight is 318 g/mol. The Hall–Kier alpha value is -2.07. The van der Waals surface area contributed by atoms with Crippen LogP contribution in [0.15, 0.2) is 60.7 Å². The van der Waals surface area contributed by atoms with E-state index < -0.39 is 20.3 Å². The van der Waals surface area contributed by atoms with E-state index in [1.165, 1.54) is 0 Å². The molecule has 0 aliphatic heterocycles. The van der Waals surface area contributed by atoms with Crippen molar-refractivity contribution in [2.24, 2.45) is 0 Å². The van der Waals surface area contributed by atoms with Gasteiger partial charge in [-0.05, 0) is 15.7 Å². The predicted molar refractivity (Wildman–Crippen MR) is 78.9 cm³/mol. The van der Waals surface area contributed by atoms with Gasteiger partial charge >= 0.3 is 14.2 Å². The highest BCUT2D eigenvalue weighted by Gasteiger charge is 2.27. The molecule has 2 atom stereocenters. The lowest BCUT2D eigenvalue weighted by Crippen LogP contribution is -2.27. The summed E-state index contributed by atoms with van der Waals surface area (Å²) in [5.41, 5.74) is 1.61. The summed E-state index contributed by atoms with van der Waals surface area (Å²) in [6.07, 6.45) is -1.04. The minimum Gasteiger partial charge on any atom is -0.566 e. The smallest absolute Gasteiger partial charge is 0.489 e. The molecule has 114 valence electrons. The van der Waals surface area contributed by atoms with E-state index in [-0.39, 0.29) is 13.0 Å². The topological polar surface area (TPSA) is 75.7 Å². The highest BCUT2D eigenvalue weighted by Crippen LogP contribution is 2.18. The minimum atomic E-state index is -3.13. The number of hydrogen-bond acceptors (Lipinski definition) is 5. The van der Waals surface area contributed by atoms with E-state index in [0.29, 0.717) is 0 Å². The van der Waals surface area contributed by atoms with Gasteiger partial charge in [-0.15, -0.1) is 4.52 Å². The molecule has 0 heterocycles. The Morgan fingerprint density at radius 2 is 1.55 bits per heavy atom. The number of hydrogen-bond donors (Lipinski definition) is 0. The van der Waals surface area contributed by atoms with Crippen molar-refractivity contribution in [2.75, 3.05) is 0 Å². The Labute approximate surface area is 129 Å². The normalized spacial score (nSPS) is 12.5. The molecule has 22 heavy (non-hydrogen) atoms. The van der Waals surface area contributed by atoms with Gasteiger partial charge in [-0.2, -0.15) is 0 Å². The van der Waals surface area contributed by atoms with Gasteiger partial charge in [-0.3, -0.25) is 0 Å². The van der Waals surface area contributed by atoms with Crippen LogP contribution in [0.2, 0.25) is 0 Å². The molecule has 0 radical (unpaired) electrons. The number of esters is 1. The summed E-state index contributed by atoms with van der Waals surface area (Å²) in [7, 11) is -3.13. The summed E-state index contributed by atoms with van der Waals surface area (Å²) in [5, 5.41) is 0. The molecule has 0 aliphatic carbocycles. The molecule has 0 spiro atoms. The zero-order valence-electron chi connectivity index (χ0n) is 11.8. The summed E-state index contributed by atoms with van der Waals surface area (Å²) in [6, 6.07) is 18.2. The third kappa shape index (κ3) is 5.37. The molecule has 0 amide bonds. The molecule has 5 nitrogen and oxygen atoms in total. The lowest BCUT2D eigenvalue weighted by Gasteiger charge is -2.12. The predicted octanol–water partition coefficient (Wildman–Crippen LogP) is 2.38. The third-order valence-electron chi connectivity index (χ3n) is 2.96. The van der Waals surface area contributed by atoms with Crippen molar-refractivity contribution >= 4 is 14.2 Å². The molecule has 2 aromatic rings. The molecule has 0 saturated heterocycles. The number of ether oxygens (including phenoxy) is 1. The van der Waals surface area contributed by atoms with Gasteiger partial charge in [0.05, 0.1) is 0 Å². The van der Waals surface area contributed by atoms with Crippen LogP contribution in [0.5, 0.6) is 0 Å². The number of carbonyl (C=O) groups excluding carboxylic acids is 1. The molecular weight excluding hydrogens is 303 g/mol. The zero-order chi connectivity index (χ0) is 15.8. The molecule has 0 saturated carbocycles. The molecule has 6 heteroatoms. The fraction of sp³-hybridized carbons (Fsp3) is 0.188. The maximum Gasteiger partial charge on any atom is 0.489 e. The van der Waals surface area contributed by atoms with Crippen molar-refractivity contribution in [2.45, 2.75) is 19.1 Å². The molecule has 0 N–H and O–H groups in total. The Bertz CT molecular complexity index is 615. The van der Waals surface area contributed by atoms with Gasteiger partial charge in [0.1, 0.15) is 6.61 Å². The molecule has 0 fully saturated rings. The fourth-order valence-electron chi connectivity index (χ4n) is 1.92. The Morgan fingerprint density at radius 3 is 2.09 bits per heavy atom. The SMILES string of the molecule is O=C(OCc1ccccc1)[C@@H](Cc1ccccc1)O[P+](=O)[O-]. The van der Waals surface area contributed by atoms with Crippen LogP contribution < -0.4 is 4.89 Å². The summed E-state index contributed by atoms with van der Waals surface area (Å²) < 4.78 is 20.6. The Balaban J connectivity index is 1.98. The zero-order valence-corrected chi connectivity index (χ0v) is 12.6. The van der Waals surface area contributed by atoms with Crippen LogP contribution in [0.25, 0.3) is 0 Å². The van der Waals surface area contributed by atoms with E-state index >= 15 is 0 Å². The first-order valence-corrected chi connectivity index (χ1v) is 7.80. The first kappa shape index (κ1) is 16.3. The number of rotatable bonds is 7. The van der Waals surface area contributed by atoms with Crippen LogP contribution >= 0.6 is 8.25 Å². The van der Waals surface area contributed by atoms with Crippen molar-refractivity contribution in [3.8, 4) is 0 Å². The van der Waals surface area contributed by atoms with Crippen molar-refractivity contribution < 1.29 is 23.5 Å². The quantitative estimate of drug-likeness (QED) is 0.579. The Morgan fingerprint density at radius 1 is 1.00 bits per heavy atom. The summed E-state index contributed by atoms with van der Waals surface area (Å²) in [4.78, 5) is 22.8. The van der Waals surface area contributed by atoms with Crippen molar-refractivity contribution in [3.63, 3.8) is 0 Å². The summed E-state index contributed by atoms with van der Waals surface area (Å²) in [6.45, 7) is 0.0734. The van der Waals surface area contributed by atoms with E-state index in [1.807, 2.05) is 36.4 Å². The fourth-order valence-corrected chi connectivity index (χ4v) is 2.29. The number of carbonyl (C=O) groups is 1. The second-order valence-corrected chi connectivity index (χ2v) is 5.26. The third-order valence-corrected chi connectivity index (χ3v) is 3.39. The monoisotopic (exact) mass is 318 g/mol. The van der Waals surface area contributed by atoms with Gasteiger partial charge in [-0.1, -0.05) is 60.7 Å². The van der Waals surface area contributed by atoms with Gasteiger partial charge < -0.3 is 9.63 Å². The van der Waals surface area contributed by atoms with E-state index in [2.05, 4.69) is 4.52 Å². The van der Waals surface area contributed by atoms with Crippen molar-refractivity contribution in [3.05, 3.63) is 71.8 Å². The van der Waals surface area contributed by atoms with Crippen LogP contribution in [0.1, 0.15) is 11.1 Å². The lowest BCUT2D eigenvalue weighted by atomic mass is 10.1. The van der Waals surface area contributed by atoms with E-state index in [1.54, 1.807) is 24.3 Å². The largest absolute Gasteiger partial charge is 0.566 e. The van der Waals surface area contributed by atoms with E-state index in [0.717, 1.165) is 11.1 Å². The van der Waals surface area contributed by atoms with Gasteiger partial charge in [0, 0.05) is 6.42 Å². The van der Waals surface area contributed by atoms with Crippen molar-refractivity contribution in [1.82, 2.24) is 0 Å². The first-order valence-electron chi connectivity index (χ1n) is 6.71. The van der Waals surface area contributed by atoms with Crippen LogP contribution in [-0.2, 0) is 31.6 Å². The van der Waals surface area contributed by atoms with Gasteiger partial charge in [0.15, 0.2) is 0 Å². The second-order valence-electron chi connectivity index (χ2n) is 4.60. The average Bonchev–Trinajstić information content (AvgIpc) is 2.53. The van der Waals surface area contributed by atoms with Crippen LogP contribution in [0.3, 0.4) is 0 Å². The second kappa shape index (κ2) is 8.39.